The van der Waals surface area contributed by atoms with Crippen molar-refractivity contribution < 1.29 is 13.2 Å². The molecule has 0 aliphatic carbocycles. The number of nitrogens with zero attached hydrogens (tertiary/aromatic N) is 1. The van der Waals surface area contributed by atoms with E-state index in [1.807, 2.05) is 0 Å². The fraction of sp³-hybridized carbons (Fsp3) is 0.923. The van der Waals surface area contributed by atoms with Crippen LogP contribution in [-0.2, 0) is 14.6 Å². The zero-order valence-corrected chi connectivity index (χ0v) is 12.4. The summed E-state index contributed by atoms with van der Waals surface area (Å²) in [6, 6.07) is 0.393. The monoisotopic (exact) mass is 288 g/mol. The molecule has 1 N–H and O–H groups in total. The van der Waals surface area contributed by atoms with E-state index in [2.05, 4.69) is 17.1 Å². The zero-order chi connectivity index (χ0) is 13.9. The number of carbonyl (C=O) groups excluding carboxylic acids is 1. The standard InChI is InChI=1S/C13H24N2O3S/c1-2-12(15-6-3-4-7-15)9-14-13(16)11-5-8-19(17,18)10-11/h11-12H,2-10H2,1H3,(H,14,16). The minimum absolute atomic E-state index is 0.0271. The van der Waals surface area contributed by atoms with E-state index in [0.717, 1.165) is 19.5 Å². The molecule has 0 aromatic carbocycles. The van der Waals surface area contributed by atoms with Gasteiger partial charge in [0.25, 0.3) is 0 Å². The summed E-state index contributed by atoms with van der Waals surface area (Å²) >= 11 is 0. The van der Waals surface area contributed by atoms with Crippen LogP contribution in [0.4, 0.5) is 0 Å². The van der Waals surface area contributed by atoms with Crippen molar-refractivity contribution in [2.45, 2.75) is 38.6 Å². The molecular weight excluding hydrogens is 264 g/mol. The molecule has 0 aromatic heterocycles. The molecule has 0 saturated carbocycles. The molecule has 2 aliphatic heterocycles. The van der Waals surface area contributed by atoms with Crippen LogP contribution in [-0.4, -0.2) is 56.4 Å². The summed E-state index contributed by atoms with van der Waals surface area (Å²) in [5, 5.41) is 2.95. The van der Waals surface area contributed by atoms with Gasteiger partial charge in [0.05, 0.1) is 17.4 Å². The number of hydrogen-bond donors (Lipinski definition) is 1. The first-order chi connectivity index (χ1) is 9.02. The van der Waals surface area contributed by atoms with Gasteiger partial charge in [-0.2, -0.15) is 0 Å². The Morgan fingerprint density at radius 1 is 1.37 bits per heavy atom. The number of amides is 1. The second kappa shape index (κ2) is 6.22. The molecule has 2 fully saturated rings. The lowest BCUT2D eigenvalue weighted by molar-refractivity contribution is -0.124. The minimum Gasteiger partial charge on any atom is -0.354 e. The molecule has 5 nitrogen and oxygen atoms in total. The van der Waals surface area contributed by atoms with E-state index in [-0.39, 0.29) is 23.3 Å². The van der Waals surface area contributed by atoms with Crippen molar-refractivity contribution in [3.05, 3.63) is 0 Å². The van der Waals surface area contributed by atoms with Crippen LogP contribution in [0.25, 0.3) is 0 Å². The fourth-order valence-electron chi connectivity index (χ4n) is 3.00. The average Bonchev–Trinajstić information content (AvgIpc) is 2.99. The molecule has 0 radical (unpaired) electrons. The highest BCUT2D eigenvalue weighted by atomic mass is 32.2. The second-order valence-electron chi connectivity index (χ2n) is 5.65. The van der Waals surface area contributed by atoms with Crippen LogP contribution in [0.15, 0.2) is 0 Å². The molecule has 2 aliphatic rings. The van der Waals surface area contributed by atoms with Crippen LogP contribution in [0.1, 0.15) is 32.6 Å². The molecule has 0 aromatic rings. The Kier molecular flexibility index (Phi) is 4.84. The fourth-order valence-corrected chi connectivity index (χ4v) is 4.74. The molecular formula is C13H24N2O3S. The summed E-state index contributed by atoms with van der Waals surface area (Å²) in [5.74, 6) is -0.229. The molecule has 19 heavy (non-hydrogen) atoms. The number of rotatable bonds is 5. The van der Waals surface area contributed by atoms with Gasteiger partial charge in [0.2, 0.25) is 5.91 Å². The molecule has 2 unspecified atom stereocenters. The van der Waals surface area contributed by atoms with Crippen molar-refractivity contribution in [3.8, 4) is 0 Å². The Labute approximate surface area is 115 Å². The topological polar surface area (TPSA) is 66.5 Å². The van der Waals surface area contributed by atoms with Gasteiger partial charge in [0, 0.05) is 12.6 Å². The normalized spacial score (nSPS) is 28.4. The molecule has 2 heterocycles. The highest BCUT2D eigenvalue weighted by molar-refractivity contribution is 7.91. The third kappa shape index (κ3) is 3.92. The number of sulfone groups is 1. The van der Waals surface area contributed by atoms with E-state index in [4.69, 9.17) is 0 Å². The van der Waals surface area contributed by atoms with E-state index in [1.165, 1.54) is 12.8 Å². The summed E-state index contributed by atoms with van der Waals surface area (Å²) in [7, 11) is -2.97. The van der Waals surface area contributed by atoms with Crippen molar-refractivity contribution in [1.82, 2.24) is 10.2 Å². The van der Waals surface area contributed by atoms with Crippen LogP contribution in [0.2, 0.25) is 0 Å². The Bertz CT molecular complexity index is 416. The van der Waals surface area contributed by atoms with Crippen molar-refractivity contribution in [2.75, 3.05) is 31.1 Å². The first kappa shape index (κ1) is 14.8. The molecule has 0 bridgehead atoms. The van der Waals surface area contributed by atoms with E-state index >= 15 is 0 Å². The Hall–Kier alpha value is -0.620. The predicted octanol–water partition coefficient (Wildman–Crippen LogP) is 0.412. The Morgan fingerprint density at radius 2 is 2.05 bits per heavy atom. The molecule has 0 spiro atoms. The van der Waals surface area contributed by atoms with Crippen LogP contribution in [0, 0.1) is 5.92 Å². The number of carbonyl (C=O) groups is 1. The van der Waals surface area contributed by atoms with Crippen LogP contribution in [0.3, 0.4) is 0 Å². The first-order valence-corrected chi connectivity index (χ1v) is 9.06. The van der Waals surface area contributed by atoms with E-state index in [0.29, 0.717) is 19.0 Å². The number of nitrogens with one attached hydrogen (secondary N) is 1. The SMILES string of the molecule is CCC(CNC(=O)C1CCS(=O)(=O)C1)N1CCCC1. The quantitative estimate of drug-likeness (QED) is 0.796. The van der Waals surface area contributed by atoms with E-state index < -0.39 is 9.84 Å². The summed E-state index contributed by atoms with van der Waals surface area (Å²) < 4.78 is 22.7. The van der Waals surface area contributed by atoms with Gasteiger partial charge in [-0.25, -0.2) is 8.42 Å². The van der Waals surface area contributed by atoms with Gasteiger partial charge in [0.15, 0.2) is 9.84 Å². The van der Waals surface area contributed by atoms with Crippen molar-refractivity contribution in [2.24, 2.45) is 5.92 Å². The summed E-state index contributed by atoms with van der Waals surface area (Å²) in [6.07, 6.45) is 3.98. The van der Waals surface area contributed by atoms with Crippen LogP contribution in [0.5, 0.6) is 0 Å². The lowest BCUT2D eigenvalue weighted by Crippen LogP contribution is -2.44. The highest BCUT2D eigenvalue weighted by Crippen LogP contribution is 2.19. The number of hydrogen-bond acceptors (Lipinski definition) is 4. The lowest BCUT2D eigenvalue weighted by Gasteiger charge is -2.27. The average molecular weight is 288 g/mol. The van der Waals surface area contributed by atoms with Gasteiger partial charge in [0.1, 0.15) is 0 Å². The maximum Gasteiger partial charge on any atom is 0.224 e. The van der Waals surface area contributed by atoms with Crippen molar-refractivity contribution >= 4 is 15.7 Å². The summed E-state index contributed by atoms with van der Waals surface area (Å²) in [5.41, 5.74) is 0. The molecule has 2 saturated heterocycles. The van der Waals surface area contributed by atoms with Crippen molar-refractivity contribution in [1.29, 1.82) is 0 Å². The second-order valence-corrected chi connectivity index (χ2v) is 7.88. The zero-order valence-electron chi connectivity index (χ0n) is 11.6. The summed E-state index contributed by atoms with van der Waals surface area (Å²) in [6.45, 7) is 5.01. The molecule has 6 heteroatoms. The van der Waals surface area contributed by atoms with E-state index in [1.54, 1.807) is 0 Å². The van der Waals surface area contributed by atoms with Gasteiger partial charge in [-0.1, -0.05) is 6.92 Å². The Balaban J connectivity index is 1.79. The van der Waals surface area contributed by atoms with Gasteiger partial charge in [-0.05, 0) is 38.8 Å². The Morgan fingerprint density at radius 3 is 2.58 bits per heavy atom. The highest BCUT2D eigenvalue weighted by Gasteiger charge is 2.33. The third-order valence-electron chi connectivity index (χ3n) is 4.24. The van der Waals surface area contributed by atoms with Crippen LogP contribution < -0.4 is 5.32 Å². The summed E-state index contributed by atoms with van der Waals surface area (Å²) in [4.78, 5) is 14.4. The lowest BCUT2D eigenvalue weighted by atomic mass is 10.1. The first-order valence-electron chi connectivity index (χ1n) is 7.24. The molecule has 1 amide bonds. The van der Waals surface area contributed by atoms with E-state index in [9.17, 15) is 13.2 Å². The maximum atomic E-state index is 12.0. The van der Waals surface area contributed by atoms with Gasteiger partial charge in [-0.15, -0.1) is 0 Å². The van der Waals surface area contributed by atoms with Crippen LogP contribution >= 0.6 is 0 Å². The van der Waals surface area contributed by atoms with Gasteiger partial charge < -0.3 is 5.32 Å². The van der Waals surface area contributed by atoms with Gasteiger partial charge >= 0.3 is 0 Å². The maximum absolute atomic E-state index is 12.0. The van der Waals surface area contributed by atoms with Crippen molar-refractivity contribution in [3.63, 3.8) is 0 Å². The third-order valence-corrected chi connectivity index (χ3v) is 6.01. The number of likely N-dealkylation sites (tertiary alicyclic amines) is 1. The molecule has 2 atom stereocenters. The predicted molar refractivity (Wildman–Crippen MR) is 74.7 cm³/mol. The smallest absolute Gasteiger partial charge is 0.224 e. The molecule has 2 rings (SSSR count). The largest absolute Gasteiger partial charge is 0.354 e. The minimum atomic E-state index is -2.97. The van der Waals surface area contributed by atoms with Gasteiger partial charge in [-0.3, -0.25) is 9.69 Å². The molecule has 110 valence electrons.